The number of hydrogen-bond acceptors (Lipinski definition) is 3. The van der Waals surface area contributed by atoms with Gasteiger partial charge in [-0.05, 0) is 51.4 Å². The van der Waals surface area contributed by atoms with Crippen molar-refractivity contribution in [2.24, 2.45) is 0 Å². The van der Waals surface area contributed by atoms with E-state index in [4.69, 9.17) is 4.74 Å². The normalized spacial score (nSPS) is 12.2. The van der Waals surface area contributed by atoms with Gasteiger partial charge in [0, 0.05) is 29.9 Å². The second kappa shape index (κ2) is 9.47. The first kappa shape index (κ1) is 19.3. The molecule has 0 fully saturated rings. The molecule has 25 heavy (non-hydrogen) atoms. The monoisotopic (exact) mass is 340 g/mol. The summed E-state index contributed by atoms with van der Waals surface area (Å²) in [6, 6.07) is 17.6. The van der Waals surface area contributed by atoms with E-state index in [0.29, 0.717) is 6.04 Å². The minimum Gasteiger partial charge on any atom is -0.496 e. The number of methoxy groups -OCH3 is 1. The summed E-state index contributed by atoms with van der Waals surface area (Å²) in [6.07, 6.45) is 1.12. The molecule has 0 spiro atoms. The molecule has 0 bridgehead atoms. The van der Waals surface area contributed by atoms with E-state index < -0.39 is 0 Å². The second-order valence-electron chi connectivity index (χ2n) is 6.78. The van der Waals surface area contributed by atoms with Gasteiger partial charge in [0.25, 0.3) is 0 Å². The molecule has 0 aliphatic rings. The fourth-order valence-corrected chi connectivity index (χ4v) is 3.19. The lowest BCUT2D eigenvalue weighted by molar-refractivity contribution is 0.401. The van der Waals surface area contributed by atoms with Crippen molar-refractivity contribution in [1.29, 1.82) is 0 Å². The van der Waals surface area contributed by atoms with Gasteiger partial charge in [0.2, 0.25) is 0 Å². The molecule has 2 aromatic rings. The Morgan fingerprint density at radius 3 is 2.32 bits per heavy atom. The lowest BCUT2D eigenvalue weighted by Gasteiger charge is -2.33. The zero-order chi connectivity index (χ0) is 18.2. The maximum Gasteiger partial charge on any atom is 0.125 e. The van der Waals surface area contributed by atoms with Gasteiger partial charge in [-0.3, -0.25) is 0 Å². The number of hydrogen-bond donors (Lipinski definition) is 1. The van der Waals surface area contributed by atoms with E-state index in [2.05, 4.69) is 86.4 Å². The van der Waals surface area contributed by atoms with E-state index >= 15 is 0 Å². The van der Waals surface area contributed by atoms with Crippen LogP contribution in [-0.4, -0.2) is 19.7 Å². The number of nitrogens with one attached hydrogen (secondary N) is 1. The molecule has 0 aliphatic carbocycles. The summed E-state index contributed by atoms with van der Waals surface area (Å²) in [6.45, 7) is 10.8. The van der Waals surface area contributed by atoms with E-state index in [1.807, 2.05) is 0 Å². The Hall–Kier alpha value is -2.00. The minimum absolute atomic E-state index is 0.239. The van der Waals surface area contributed by atoms with Crippen LogP contribution in [0.1, 0.15) is 51.3 Å². The molecule has 3 nitrogen and oxygen atoms in total. The van der Waals surface area contributed by atoms with Gasteiger partial charge < -0.3 is 15.0 Å². The Morgan fingerprint density at radius 2 is 1.72 bits per heavy atom. The molecule has 136 valence electrons. The van der Waals surface area contributed by atoms with Crippen LogP contribution < -0.4 is 15.0 Å². The largest absolute Gasteiger partial charge is 0.496 e. The molecule has 0 saturated carbocycles. The van der Waals surface area contributed by atoms with Crippen LogP contribution in [0.3, 0.4) is 0 Å². The SMILES string of the molecule is CCCNC(C)c1c(OC)cccc1N(Cc1ccccc1)C(C)C. The van der Waals surface area contributed by atoms with Crippen LogP contribution in [-0.2, 0) is 6.54 Å². The van der Waals surface area contributed by atoms with Crippen LogP contribution in [0.15, 0.2) is 48.5 Å². The van der Waals surface area contributed by atoms with E-state index in [0.717, 1.165) is 25.3 Å². The van der Waals surface area contributed by atoms with Crippen LogP contribution in [0, 0.1) is 0 Å². The Bertz CT molecular complexity index is 640. The predicted molar refractivity (Wildman–Crippen MR) is 107 cm³/mol. The van der Waals surface area contributed by atoms with E-state index in [-0.39, 0.29) is 6.04 Å². The van der Waals surface area contributed by atoms with Crippen LogP contribution in [0.25, 0.3) is 0 Å². The molecule has 2 aromatic carbocycles. The standard InChI is InChI=1S/C22H32N2O/c1-6-15-23-18(4)22-20(13-10-14-21(22)25-5)24(17(2)3)16-19-11-8-7-9-12-19/h7-14,17-18,23H,6,15-16H2,1-5H3. The third-order valence-corrected chi connectivity index (χ3v) is 4.53. The quantitative estimate of drug-likeness (QED) is 0.681. The van der Waals surface area contributed by atoms with Gasteiger partial charge in [-0.15, -0.1) is 0 Å². The molecule has 2 rings (SSSR count). The highest BCUT2D eigenvalue weighted by Crippen LogP contribution is 2.36. The highest BCUT2D eigenvalue weighted by Gasteiger charge is 2.21. The molecule has 0 aliphatic heterocycles. The zero-order valence-corrected chi connectivity index (χ0v) is 16.3. The van der Waals surface area contributed by atoms with Crippen LogP contribution in [0.2, 0.25) is 0 Å². The summed E-state index contributed by atoms with van der Waals surface area (Å²) in [5.74, 6) is 0.951. The molecule has 1 unspecified atom stereocenters. The van der Waals surface area contributed by atoms with E-state index in [1.165, 1.54) is 16.8 Å². The highest BCUT2D eigenvalue weighted by atomic mass is 16.5. The van der Waals surface area contributed by atoms with Crippen molar-refractivity contribution in [3.63, 3.8) is 0 Å². The number of nitrogens with zero attached hydrogens (tertiary/aromatic N) is 1. The van der Waals surface area contributed by atoms with Crippen molar-refractivity contribution in [2.75, 3.05) is 18.6 Å². The van der Waals surface area contributed by atoms with Crippen LogP contribution in [0.4, 0.5) is 5.69 Å². The summed E-state index contributed by atoms with van der Waals surface area (Å²) >= 11 is 0. The van der Waals surface area contributed by atoms with Gasteiger partial charge in [-0.25, -0.2) is 0 Å². The summed E-state index contributed by atoms with van der Waals surface area (Å²) in [5, 5.41) is 3.61. The Kier molecular flexibility index (Phi) is 7.32. The zero-order valence-electron chi connectivity index (χ0n) is 16.3. The van der Waals surface area contributed by atoms with Gasteiger partial charge >= 0.3 is 0 Å². The Balaban J connectivity index is 2.42. The summed E-state index contributed by atoms with van der Waals surface area (Å²) in [5.41, 5.74) is 3.80. The van der Waals surface area contributed by atoms with Crippen molar-refractivity contribution in [1.82, 2.24) is 5.32 Å². The topological polar surface area (TPSA) is 24.5 Å². The third-order valence-electron chi connectivity index (χ3n) is 4.53. The lowest BCUT2D eigenvalue weighted by Crippen LogP contribution is -2.32. The van der Waals surface area contributed by atoms with Gasteiger partial charge in [0.1, 0.15) is 5.75 Å². The van der Waals surface area contributed by atoms with Crippen LogP contribution >= 0.6 is 0 Å². The van der Waals surface area contributed by atoms with Crippen molar-refractivity contribution in [3.05, 3.63) is 59.7 Å². The first-order chi connectivity index (χ1) is 12.1. The van der Waals surface area contributed by atoms with Crippen molar-refractivity contribution < 1.29 is 4.74 Å². The molecule has 0 radical (unpaired) electrons. The number of ether oxygens (including phenoxy) is 1. The van der Waals surface area contributed by atoms with Gasteiger partial charge in [-0.1, -0.05) is 43.3 Å². The number of benzene rings is 2. The lowest BCUT2D eigenvalue weighted by atomic mass is 10.0. The van der Waals surface area contributed by atoms with Gasteiger partial charge in [0.15, 0.2) is 0 Å². The molecule has 0 aromatic heterocycles. The second-order valence-corrected chi connectivity index (χ2v) is 6.78. The molecule has 3 heteroatoms. The maximum atomic E-state index is 5.70. The fraction of sp³-hybridized carbons (Fsp3) is 0.455. The van der Waals surface area contributed by atoms with E-state index in [9.17, 15) is 0 Å². The predicted octanol–water partition coefficient (Wildman–Crippen LogP) is 5.17. The molecular weight excluding hydrogens is 308 g/mol. The summed E-state index contributed by atoms with van der Waals surface area (Å²) in [7, 11) is 1.76. The van der Waals surface area contributed by atoms with Crippen molar-refractivity contribution >= 4 is 5.69 Å². The maximum absolute atomic E-state index is 5.70. The Morgan fingerprint density at radius 1 is 1.00 bits per heavy atom. The summed E-state index contributed by atoms with van der Waals surface area (Å²) < 4.78 is 5.70. The van der Waals surface area contributed by atoms with Crippen molar-refractivity contribution in [2.45, 2.75) is 52.7 Å². The number of anilines is 1. The van der Waals surface area contributed by atoms with Gasteiger partial charge in [0.05, 0.1) is 7.11 Å². The smallest absolute Gasteiger partial charge is 0.125 e. The summed E-state index contributed by atoms with van der Waals surface area (Å²) in [4.78, 5) is 2.46. The Labute approximate surface area is 153 Å². The molecule has 0 saturated heterocycles. The minimum atomic E-state index is 0.239. The molecule has 1 atom stereocenters. The molecular formula is C22H32N2O. The first-order valence-corrected chi connectivity index (χ1v) is 9.29. The third kappa shape index (κ3) is 4.99. The average Bonchev–Trinajstić information content (AvgIpc) is 2.64. The molecule has 1 N–H and O–H groups in total. The number of rotatable bonds is 9. The average molecular weight is 341 g/mol. The van der Waals surface area contributed by atoms with Crippen LogP contribution in [0.5, 0.6) is 5.75 Å². The molecule has 0 heterocycles. The van der Waals surface area contributed by atoms with Gasteiger partial charge in [-0.2, -0.15) is 0 Å². The van der Waals surface area contributed by atoms with E-state index in [1.54, 1.807) is 7.11 Å². The molecule has 0 amide bonds. The highest BCUT2D eigenvalue weighted by molar-refractivity contribution is 5.61. The first-order valence-electron chi connectivity index (χ1n) is 9.29. The van der Waals surface area contributed by atoms with Crippen molar-refractivity contribution in [3.8, 4) is 5.75 Å². The fourth-order valence-electron chi connectivity index (χ4n) is 3.19.